The number of amides is 1. The van der Waals surface area contributed by atoms with Gasteiger partial charge in [0.2, 0.25) is 0 Å². The summed E-state index contributed by atoms with van der Waals surface area (Å²) in [6.45, 7) is 1.90. The molecule has 0 spiro atoms. The van der Waals surface area contributed by atoms with E-state index in [4.69, 9.17) is 0 Å². The van der Waals surface area contributed by atoms with E-state index in [1.54, 1.807) is 30.7 Å². The van der Waals surface area contributed by atoms with Crippen molar-refractivity contribution in [3.8, 4) is 0 Å². The highest BCUT2D eigenvalue weighted by Crippen LogP contribution is 2.15. The van der Waals surface area contributed by atoms with Gasteiger partial charge in [0.25, 0.3) is 5.91 Å². The van der Waals surface area contributed by atoms with Crippen LogP contribution in [-0.2, 0) is 0 Å². The molecule has 2 aromatic rings. The van der Waals surface area contributed by atoms with Crippen molar-refractivity contribution in [1.29, 1.82) is 0 Å². The maximum absolute atomic E-state index is 12.0. The molecule has 2 rings (SSSR count). The smallest absolute Gasteiger partial charge is 0.254 e. The maximum atomic E-state index is 12.0. The van der Waals surface area contributed by atoms with Gasteiger partial charge in [-0.05, 0) is 35.0 Å². The fourth-order valence-electron chi connectivity index (χ4n) is 1.41. The predicted molar refractivity (Wildman–Crippen MR) is 66.4 cm³/mol. The normalized spacial score (nSPS) is 12.1. The number of rotatable bonds is 3. The van der Waals surface area contributed by atoms with Crippen LogP contribution in [0.1, 0.15) is 28.9 Å². The molecule has 0 fully saturated rings. The van der Waals surface area contributed by atoms with E-state index in [1.807, 2.05) is 6.92 Å². The Kier molecular flexibility index (Phi) is 3.53. The third kappa shape index (κ3) is 2.71. The molecule has 0 bridgehead atoms. The van der Waals surface area contributed by atoms with Crippen molar-refractivity contribution >= 4 is 21.8 Å². The summed E-state index contributed by atoms with van der Waals surface area (Å²) in [5.41, 5.74) is 1.45. The number of nitrogens with zero attached hydrogens (tertiary/aromatic N) is 2. The summed E-state index contributed by atoms with van der Waals surface area (Å²) in [5, 5.41) is 9.43. The summed E-state index contributed by atoms with van der Waals surface area (Å²) in [5.74, 6) is -0.168. The van der Waals surface area contributed by atoms with Gasteiger partial charge in [0.05, 0.1) is 17.8 Å². The molecule has 0 aliphatic carbocycles. The summed E-state index contributed by atoms with van der Waals surface area (Å²) >= 11 is 3.25. The van der Waals surface area contributed by atoms with Crippen LogP contribution in [0, 0.1) is 0 Å². The molecule has 0 saturated carbocycles. The second-order valence-electron chi connectivity index (χ2n) is 3.57. The summed E-state index contributed by atoms with van der Waals surface area (Å²) in [7, 11) is 0. The minimum Gasteiger partial charge on any atom is -0.345 e. The molecule has 0 aliphatic rings. The first-order valence-electron chi connectivity index (χ1n) is 5.08. The van der Waals surface area contributed by atoms with Crippen LogP contribution in [0.25, 0.3) is 0 Å². The van der Waals surface area contributed by atoms with Crippen molar-refractivity contribution < 1.29 is 4.79 Å². The summed E-state index contributed by atoms with van der Waals surface area (Å²) in [4.78, 5) is 16.0. The SMILES string of the molecule is CC(NC(=O)c1cccnc1Br)c1cn[nH]c1. The van der Waals surface area contributed by atoms with Crippen LogP contribution in [0.4, 0.5) is 0 Å². The van der Waals surface area contributed by atoms with E-state index in [1.165, 1.54) is 0 Å². The average Bonchev–Trinajstić information content (AvgIpc) is 2.82. The zero-order valence-corrected chi connectivity index (χ0v) is 10.7. The topological polar surface area (TPSA) is 70.7 Å². The van der Waals surface area contributed by atoms with E-state index in [-0.39, 0.29) is 11.9 Å². The van der Waals surface area contributed by atoms with Gasteiger partial charge in [-0.25, -0.2) is 4.98 Å². The van der Waals surface area contributed by atoms with Crippen molar-refractivity contribution in [2.45, 2.75) is 13.0 Å². The van der Waals surface area contributed by atoms with Crippen LogP contribution >= 0.6 is 15.9 Å². The number of carbonyl (C=O) groups is 1. The lowest BCUT2D eigenvalue weighted by atomic mass is 10.2. The molecular formula is C11H11BrN4O. The highest BCUT2D eigenvalue weighted by atomic mass is 79.9. The standard InChI is InChI=1S/C11H11BrN4O/c1-7(8-5-14-15-6-8)16-11(17)9-3-2-4-13-10(9)12/h2-7H,1H3,(H,14,15)(H,16,17). The molecule has 88 valence electrons. The first kappa shape index (κ1) is 11.8. The molecule has 0 radical (unpaired) electrons. The Labute approximate surface area is 107 Å². The van der Waals surface area contributed by atoms with Crippen molar-refractivity contribution in [2.75, 3.05) is 0 Å². The molecule has 0 aliphatic heterocycles. The molecule has 2 N–H and O–H groups in total. The van der Waals surface area contributed by atoms with Gasteiger partial charge < -0.3 is 5.32 Å². The highest BCUT2D eigenvalue weighted by molar-refractivity contribution is 9.10. The molecule has 1 atom stereocenters. The largest absolute Gasteiger partial charge is 0.345 e. The first-order valence-corrected chi connectivity index (χ1v) is 5.88. The monoisotopic (exact) mass is 294 g/mol. The van der Waals surface area contributed by atoms with Crippen molar-refractivity contribution in [1.82, 2.24) is 20.5 Å². The molecule has 1 unspecified atom stereocenters. The van der Waals surface area contributed by atoms with Gasteiger partial charge in [-0.1, -0.05) is 0 Å². The zero-order valence-electron chi connectivity index (χ0n) is 9.14. The lowest BCUT2D eigenvalue weighted by Crippen LogP contribution is -2.26. The number of hydrogen-bond donors (Lipinski definition) is 2. The number of aromatic nitrogens is 3. The molecule has 2 heterocycles. The minimum atomic E-state index is -0.168. The minimum absolute atomic E-state index is 0.103. The maximum Gasteiger partial charge on any atom is 0.254 e. The Balaban J connectivity index is 2.10. The lowest BCUT2D eigenvalue weighted by Gasteiger charge is -2.12. The molecule has 6 heteroatoms. The molecular weight excluding hydrogens is 284 g/mol. The Morgan fingerprint density at radius 3 is 3.06 bits per heavy atom. The second kappa shape index (κ2) is 5.09. The van der Waals surface area contributed by atoms with Crippen LogP contribution in [-0.4, -0.2) is 21.1 Å². The lowest BCUT2D eigenvalue weighted by molar-refractivity contribution is 0.0938. The highest BCUT2D eigenvalue weighted by Gasteiger charge is 2.14. The van der Waals surface area contributed by atoms with E-state index < -0.39 is 0 Å². The van der Waals surface area contributed by atoms with Crippen LogP contribution in [0.15, 0.2) is 35.3 Å². The molecule has 2 aromatic heterocycles. The molecule has 0 aromatic carbocycles. The summed E-state index contributed by atoms with van der Waals surface area (Å²) < 4.78 is 0.539. The van der Waals surface area contributed by atoms with Gasteiger partial charge in [0.1, 0.15) is 4.60 Å². The second-order valence-corrected chi connectivity index (χ2v) is 4.32. The van der Waals surface area contributed by atoms with Gasteiger partial charge >= 0.3 is 0 Å². The van der Waals surface area contributed by atoms with E-state index in [2.05, 4.69) is 36.4 Å². The van der Waals surface area contributed by atoms with Gasteiger partial charge in [0, 0.05) is 18.0 Å². The Morgan fingerprint density at radius 2 is 2.41 bits per heavy atom. The summed E-state index contributed by atoms with van der Waals surface area (Å²) in [6.07, 6.45) is 5.06. The quantitative estimate of drug-likeness (QED) is 0.851. The Hall–Kier alpha value is -1.69. The van der Waals surface area contributed by atoms with Crippen LogP contribution in [0.2, 0.25) is 0 Å². The third-order valence-electron chi connectivity index (χ3n) is 2.37. The fraction of sp³-hybridized carbons (Fsp3) is 0.182. The molecule has 0 saturated heterocycles. The third-order valence-corrected chi connectivity index (χ3v) is 3.00. The van der Waals surface area contributed by atoms with E-state index in [0.717, 1.165) is 5.56 Å². The van der Waals surface area contributed by atoms with E-state index in [9.17, 15) is 4.79 Å². The van der Waals surface area contributed by atoms with Gasteiger partial charge in [0.15, 0.2) is 0 Å². The Morgan fingerprint density at radius 1 is 1.59 bits per heavy atom. The molecule has 1 amide bonds. The van der Waals surface area contributed by atoms with E-state index in [0.29, 0.717) is 10.2 Å². The Bertz CT molecular complexity index is 512. The fourth-order valence-corrected chi connectivity index (χ4v) is 1.84. The van der Waals surface area contributed by atoms with Crippen LogP contribution in [0.3, 0.4) is 0 Å². The van der Waals surface area contributed by atoms with Gasteiger partial charge in [-0.3, -0.25) is 9.89 Å². The number of pyridine rings is 1. The summed E-state index contributed by atoms with van der Waals surface area (Å²) in [6, 6.07) is 3.34. The number of nitrogens with one attached hydrogen (secondary N) is 2. The number of carbonyl (C=O) groups excluding carboxylic acids is 1. The number of H-pyrrole nitrogens is 1. The van der Waals surface area contributed by atoms with Crippen molar-refractivity contribution in [3.63, 3.8) is 0 Å². The van der Waals surface area contributed by atoms with Crippen LogP contribution in [0.5, 0.6) is 0 Å². The van der Waals surface area contributed by atoms with Gasteiger partial charge in [-0.2, -0.15) is 5.10 Å². The van der Waals surface area contributed by atoms with Crippen LogP contribution < -0.4 is 5.32 Å². The predicted octanol–water partition coefficient (Wildman–Crippen LogP) is 2.06. The van der Waals surface area contributed by atoms with Crippen molar-refractivity contribution in [2.24, 2.45) is 0 Å². The number of hydrogen-bond acceptors (Lipinski definition) is 3. The zero-order chi connectivity index (χ0) is 12.3. The first-order chi connectivity index (χ1) is 8.18. The number of halogens is 1. The van der Waals surface area contributed by atoms with Crippen molar-refractivity contribution in [3.05, 3.63) is 46.5 Å². The van der Waals surface area contributed by atoms with Gasteiger partial charge in [-0.15, -0.1) is 0 Å². The number of aromatic amines is 1. The van der Waals surface area contributed by atoms with E-state index >= 15 is 0 Å². The molecule has 5 nitrogen and oxygen atoms in total. The average molecular weight is 295 g/mol. The molecule has 17 heavy (non-hydrogen) atoms.